The zero-order valence-electron chi connectivity index (χ0n) is 9.05. The smallest absolute Gasteiger partial charge is 0.416 e. The van der Waals surface area contributed by atoms with Gasteiger partial charge in [0.2, 0.25) is 0 Å². The van der Waals surface area contributed by atoms with E-state index in [2.05, 4.69) is 0 Å². The Labute approximate surface area is 93.3 Å². The van der Waals surface area contributed by atoms with Crippen molar-refractivity contribution < 1.29 is 9.90 Å². The van der Waals surface area contributed by atoms with Gasteiger partial charge in [-0.05, 0) is 25.0 Å². The molecule has 0 unspecified atom stereocenters. The third kappa shape index (κ3) is 1.79. The molecule has 0 bridgehead atoms. The van der Waals surface area contributed by atoms with E-state index in [-0.39, 0.29) is 6.04 Å². The van der Waals surface area contributed by atoms with Gasteiger partial charge in [-0.1, -0.05) is 18.2 Å². The lowest BCUT2D eigenvalue weighted by molar-refractivity contribution is 0.197. The Bertz CT molecular complexity index is 529. The average molecular weight is 231 g/mol. The number of hydrogen-bond donors (Lipinski definition) is 2. The van der Waals surface area contributed by atoms with Crippen LogP contribution in [0.1, 0.15) is 12.5 Å². The fraction of sp³-hybridized carbons (Fsp3) is 0.250. The predicted molar refractivity (Wildman–Crippen MR) is 62.7 cm³/mol. The number of rotatable bonds is 2. The summed E-state index contributed by atoms with van der Waals surface area (Å²) in [7, 11) is 0. The fourth-order valence-electron chi connectivity index (χ4n) is 1.92. The van der Waals surface area contributed by atoms with Crippen LogP contribution in [-0.4, -0.2) is 21.8 Å². The van der Waals surface area contributed by atoms with Crippen LogP contribution in [0.3, 0.4) is 0 Å². The zero-order valence-corrected chi connectivity index (χ0v) is 9.05. The number of benzene rings is 1. The van der Waals surface area contributed by atoms with E-state index in [4.69, 9.17) is 10.8 Å². The summed E-state index contributed by atoms with van der Waals surface area (Å²) < 4.78 is 1.24. The van der Waals surface area contributed by atoms with Gasteiger partial charge in [0.15, 0.2) is 0 Å². The summed E-state index contributed by atoms with van der Waals surface area (Å²) in [6.07, 6.45) is 1.36. The van der Waals surface area contributed by atoms with Crippen LogP contribution in [0.5, 0.6) is 0 Å². The summed E-state index contributed by atoms with van der Waals surface area (Å²) in [5.41, 5.74) is 7.44. The molecule has 0 spiro atoms. The summed E-state index contributed by atoms with van der Waals surface area (Å²) in [4.78, 5) is 11.0. The molecule has 0 aliphatic heterocycles. The van der Waals surface area contributed by atoms with Gasteiger partial charge in [-0.3, -0.25) is 4.57 Å². The zero-order chi connectivity index (χ0) is 11.7. The average Bonchev–Trinajstić information content (AvgIpc) is 2.57. The van der Waals surface area contributed by atoms with Gasteiger partial charge in [0, 0.05) is 17.6 Å². The molecule has 84 valence electrons. The van der Waals surface area contributed by atoms with Crippen LogP contribution in [0.15, 0.2) is 30.5 Å². The number of carbonyl (C=O) groups is 1. The van der Waals surface area contributed by atoms with Crippen LogP contribution in [0.2, 0.25) is 0 Å². The van der Waals surface area contributed by atoms with E-state index in [1.807, 2.05) is 25.1 Å². The third-order valence-electron chi connectivity index (χ3n) is 2.54. The molecule has 1 heterocycles. The highest BCUT2D eigenvalue weighted by Gasteiger charge is 2.12. The molecule has 0 radical (unpaired) electrons. The molecule has 16 heavy (non-hydrogen) atoms. The van der Waals surface area contributed by atoms with Crippen LogP contribution in [0.4, 0.5) is 4.79 Å². The van der Waals surface area contributed by atoms with Gasteiger partial charge in [-0.25, -0.2) is 4.79 Å². The summed E-state index contributed by atoms with van der Waals surface area (Å²) >= 11 is 0. The van der Waals surface area contributed by atoms with Gasteiger partial charge in [0.05, 0.1) is 5.52 Å². The predicted octanol–water partition coefficient (Wildman–Crippen LogP) is 2.06. The Kier molecular flexibility index (Phi) is 2.66. The quantitative estimate of drug-likeness (QED) is 0.614. The monoisotopic (exact) mass is 231 g/mol. The van der Waals surface area contributed by atoms with Crippen molar-refractivity contribution in [1.29, 1.82) is 0 Å². The number of aromatic nitrogens is 1. The molecule has 0 aliphatic carbocycles. The molecule has 1 atom stereocenters. The number of fused-ring (bicyclic) bond motifs is 1. The van der Waals surface area contributed by atoms with Gasteiger partial charge in [-0.2, -0.15) is 0 Å². The van der Waals surface area contributed by atoms with Gasteiger partial charge in [0.1, 0.15) is 0 Å². The van der Waals surface area contributed by atoms with E-state index in [1.54, 1.807) is 12.3 Å². The standard InChI is InChI=1S/C12H14N2O2/c1-8(13)6-9-7-14(12(15)16)11-5-3-2-4-10(9)11/h2-5,7-8H,6,13H2,1H3,(H,15,16)/t8-/m1/s1/i1+1,2+1,3+1,4+1,5+1,6+1,7+1,8+1,9+1,10+1,11+1,13+1,14+1. The molecule has 0 saturated carbocycles. The molecule has 2 aromatic rings. The first kappa shape index (κ1) is 10.7. The summed E-state index contributed by atoms with van der Waals surface area (Å²) in [6.45, 7) is 1.91. The molecule has 2 rings (SSSR count). The molecule has 4 nitrogen and oxygen atoms in total. The second-order valence-electron chi connectivity index (χ2n) is 4.01. The van der Waals surface area contributed by atoms with Crippen molar-refractivity contribution in [3.05, 3.63) is 36.0 Å². The molecule has 1 aromatic carbocycles. The lowest BCUT2D eigenvalue weighted by Gasteiger charge is -2.02. The molecule has 3 N–H and O–H groups in total. The second-order valence-corrected chi connectivity index (χ2v) is 4.01. The third-order valence-corrected chi connectivity index (χ3v) is 2.54. The highest BCUT2D eigenvalue weighted by atomic mass is 16.4. The minimum Gasteiger partial charge on any atom is -0.464 e. The van der Waals surface area contributed by atoms with Crippen molar-refractivity contribution in [3.8, 4) is 0 Å². The van der Waals surface area contributed by atoms with Crippen LogP contribution >= 0.6 is 0 Å². The lowest BCUT2D eigenvalue weighted by atomic mass is 11.1. The van der Waals surface area contributed by atoms with Crippen molar-refractivity contribution in [3.63, 3.8) is 0 Å². The first-order chi connectivity index (χ1) is 7.59. The van der Waals surface area contributed by atoms with E-state index in [0.717, 1.165) is 10.9 Å². The lowest BCUT2D eigenvalue weighted by Crippen LogP contribution is -2.17. The number of nitrogens with zero attached hydrogens (tertiary/aromatic N) is 1. The largest absolute Gasteiger partial charge is 0.464 e. The van der Waals surface area contributed by atoms with E-state index < -0.39 is 6.09 Å². The van der Waals surface area contributed by atoms with E-state index in [0.29, 0.717) is 11.9 Å². The van der Waals surface area contributed by atoms with E-state index in [1.165, 1.54) is 4.57 Å². The Morgan fingerprint density at radius 3 is 2.81 bits per heavy atom. The maximum atomic E-state index is 11.0. The Morgan fingerprint density at radius 1 is 1.50 bits per heavy atom. The summed E-state index contributed by atoms with van der Waals surface area (Å²) in [5, 5.41) is 10.0. The maximum absolute atomic E-state index is 11.0. The van der Waals surface area contributed by atoms with Gasteiger partial charge >= 0.3 is 6.09 Å². The van der Waals surface area contributed by atoms with Crippen LogP contribution in [0, 0.1) is 0 Å². The highest BCUT2D eigenvalue weighted by Crippen LogP contribution is 2.22. The van der Waals surface area contributed by atoms with Crippen molar-refractivity contribution in [2.45, 2.75) is 19.4 Å². The molecular formula is C12H14N2O2. The SMILES string of the molecule is [13CH3][13C@@H]([15NH2])[13CH2][13c]1[13cH][15n](C(=O)O)[13c]2[13cH][13cH][13cH][13cH][13c]12. The summed E-state index contributed by atoms with van der Waals surface area (Å²) in [5.74, 6) is 0. The second kappa shape index (κ2) is 3.98. The topological polar surface area (TPSA) is 68.2 Å². The number of nitrogens with two attached hydrogens (primary N) is 1. The minimum absolute atomic E-state index is 0.0213. The maximum Gasteiger partial charge on any atom is 0.416 e. The number of para-hydroxylation sites is 1. The number of carboxylic acid groups (broad SMARTS) is 1. The fourth-order valence-corrected chi connectivity index (χ4v) is 1.92. The first-order valence-electron chi connectivity index (χ1n) is 5.17. The minimum atomic E-state index is -0.966. The van der Waals surface area contributed by atoms with Crippen molar-refractivity contribution in [2.24, 2.45) is 5.73 Å². The first-order valence-corrected chi connectivity index (χ1v) is 5.17. The molecule has 4 heteroatoms. The Morgan fingerprint density at radius 2 is 2.19 bits per heavy atom. The molecule has 0 fully saturated rings. The molecule has 0 saturated heterocycles. The van der Waals surface area contributed by atoms with Crippen LogP contribution in [0.25, 0.3) is 10.9 Å². The van der Waals surface area contributed by atoms with E-state index >= 15 is 0 Å². The normalized spacial score (nSPS) is 12.9. The highest BCUT2D eigenvalue weighted by molar-refractivity contribution is 5.91. The number of hydrogen-bond acceptors (Lipinski definition) is 2. The van der Waals surface area contributed by atoms with Crippen molar-refractivity contribution >= 4 is 17.0 Å². The Hall–Kier alpha value is -1.81. The van der Waals surface area contributed by atoms with E-state index in [9.17, 15) is 4.79 Å². The van der Waals surface area contributed by atoms with Crippen LogP contribution in [-0.2, 0) is 6.42 Å². The molecule has 0 aliphatic rings. The molecule has 1 aromatic heterocycles. The van der Waals surface area contributed by atoms with Gasteiger partial charge < -0.3 is 10.8 Å². The molecular weight excluding hydrogens is 217 g/mol. The van der Waals surface area contributed by atoms with Crippen molar-refractivity contribution in [1.82, 2.24) is 4.57 Å². The van der Waals surface area contributed by atoms with Gasteiger partial charge in [0.25, 0.3) is 0 Å². The summed E-state index contributed by atoms with van der Waals surface area (Å²) in [6, 6.07) is 7.48. The van der Waals surface area contributed by atoms with Gasteiger partial charge in [-0.15, -0.1) is 0 Å². The van der Waals surface area contributed by atoms with Crippen molar-refractivity contribution in [2.75, 3.05) is 0 Å². The van der Waals surface area contributed by atoms with Crippen LogP contribution < -0.4 is 5.73 Å². The Balaban J connectivity index is 2.62. The molecule has 0 amide bonds.